The van der Waals surface area contributed by atoms with Crippen LogP contribution in [0.4, 0.5) is 4.39 Å². The molecule has 0 fully saturated rings. The lowest BCUT2D eigenvalue weighted by Crippen LogP contribution is -2.38. The number of fused-ring (bicyclic) bond motifs is 1. The van der Waals surface area contributed by atoms with Gasteiger partial charge in [-0.05, 0) is 61.9 Å². The van der Waals surface area contributed by atoms with E-state index in [9.17, 15) is 14.0 Å². The van der Waals surface area contributed by atoms with Gasteiger partial charge in [-0.3, -0.25) is 4.79 Å². The third-order valence-corrected chi connectivity index (χ3v) is 6.68. The van der Waals surface area contributed by atoms with Crippen molar-refractivity contribution in [2.24, 2.45) is 4.99 Å². The van der Waals surface area contributed by atoms with Crippen LogP contribution in [0, 0.1) is 12.7 Å². The summed E-state index contributed by atoms with van der Waals surface area (Å²) in [5.41, 5.74) is 4.62. The summed E-state index contributed by atoms with van der Waals surface area (Å²) < 4.78 is 18.7. The molecule has 0 bridgehead atoms. The third-order valence-electron chi connectivity index (χ3n) is 5.79. The number of esters is 1. The highest BCUT2D eigenvalue weighted by molar-refractivity contribution is 8.16. The van der Waals surface area contributed by atoms with E-state index >= 15 is 0 Å². The van der Waals surface area contributed by atoms with Crippen LogP contribution in [0.3, 0.4) is 0 Å². The number of nitrogens with one attached hydrogen (secondary N) is 1. The third kappa shape index (κ3) is 5.48. The number of carbonyl (C=O) groups is 2. The van der Waals surface area contributed by atoms with Gasteiger partial charge in [-0.25, -0.2) is 14.2 Å². The maximum atomic E-state index is 13.2. The summed E-state index contributed by atoms with van der Waals surface area (Å²) in [6.07, 6.45) is -0.160. The number of benzene rings is 2. The average Bonchev–Trinajstić information content (AvgIpc) is 3.19. The van der Waals surface area contributed by atoms with Crippen LogP contribution < -0.4 is 5.32 Å². The maximum Gasteiger partial charge on any atom is 0.338 e. The van der Waals surface area contributed by atoms with Gasteiger partial charge in [-0.1, -0.05) is 48.2 Å². The topological polar surface area (TPSA) is 71.0 Å². The molecule has 2 aromatic carbocycles. The summed E-state index contributed by atoms with van der Waals surface area (Å²) >= 11 is 1.43. The molecule has 0 unspecified atom stereocenters. The molecule has 0 aliphatic carbocycles. The number of thioether (sulfide) groups is 1. The van der Waals surface area contributed by atoms with Crippen LogP contribution in [-0.2, 0) is 20.9 Å². The van der Waals surface area contributed by atoms with E-state index in [1.807, 2.05) is 62.3 Å². The lowest BCUT2D eigenvalue weighted by Gasteiger charge is -2.37. The monoisotopic (exact) mass is 493 g/mol. The first-order chi connectivity index (χ1) is 16.7. The predicted octanol–water partition coefficient (Wildman–Crippen LogP) is 5.37. The van der Waals surface area contributed by atoms with E-state index < -0.39 is 12.0 Å². The minimum Gasteiger partial charge on any atom is -0.459 e. The SMILES string of the molecule is CC1=C(C(=O)OC(C)C)[C@H](c2ccccc2C)N2C(CC(=O)NCc3ccc(F)cc3)=CSC2=N1. The van der Waals surface area contributed by atoms with Crippen LogP contribution in [0.1, 0.15) is 49.9 Å². The Labute approximate surface area is 209 Å². The van der Waals surface area contributed by atoms with E-state index in [1.54, 1.807) is 12.1 Å². The first-order valence-electron chi connectivity index (χ1n) is 11.5. The van der Waals surface area contributed by atoms with Gasteiger partial charge in [0.2, 0.25) is 5.91 Å². The van der Waals surface area contributed by atoms with Crippen molar-refractivity contribution < 1.29 is 18.7 Å². The number of amides is 1. The second kappa shape index (κ2) is 10.5. The first kappa shape index (κ1) is 24.7. The lowest BCUT2D eigenvalue weighted by atomic mass is 9.91. The van der Waals surface area contributed by atoms with Gasteiger partial charge in [-0.15, -0.1) is 0 Å². The molecule has 1 atom stereocenters. The van der Waals surface area contributed by atoms with Crippen LogP contribution in [-0.4, -0.2) is 28.0 Å². The second-order valence-electron chi connectivity index (χ2n) is 8.78. The molecule has 2 heterocycles. The number of allylic oxidation sites excluding steroid dienone is 1. The Bertz CT molecular complexity index is 1230. The Kier molecular flexibility index (Phi) is 7.40. The fourth-order valence-electron chi connectivity index (χ4n) is 4.13. The van der Waals surface area contributed by atoms with Crippen LogP contribution in [0.25, 0.3) is 0 Å². The summed E-state index contributed by atoms with van der Waals surface area (Å²) in [4.78, 5) is 32.7. The molecule has 2 aromatic rings. The van der Waals surface area contributed by atoms with E-state index in [0.717, 1.165) is 27.6 Å². The number of ether oxygens (including phenoxy) is 1. The number of hydrogen-bond acceptors (Lipinski definition) is 6. The zero-order chi connectivity index (χ0) is 25.1. The van der Waals surface area contributed by atoms with Gasteiger partial charge in [0.05, 0.1) is 29.8 Å². The number of aryl methyl sites for hydroxylation is 1. The number of amidine groups is 1. The van der Waals surface area contributed by atoms with Crippen LogP contribution in [0.5, 0.6) is 0 Å². The molecule has 2 aliphatic heterocycles. The van der Waals surface area contributed by atoms with Crippen molar-refractivity contribution in [3.8, 4) is 0 Å². The molecule has 4 rings (SSSR count). The van der Waals surface area contributed by atoms with E-state index in [4.69, 9.17) is 4.74 Å². The largest absolute Gasteiger partial charge is 0.459 e. The van der Waals surface area contributed by atoms with Crippen molar-refractivity contribution in [3.05, 3.63) is 93.4 Å². The van der Waals surface area contributed by atoms with Crippen LogP contribution in [0.15, 0.2) is 75.9 Å². The molecule has 1 N–H and O–H groups in total. The average molecular weight is 494 g/mol. The minimum absolute atomic E-state index is 0.112. The van der Waals surface area contributed by atoms with Crippen molar-refractivity contribution in [2.75, 3.05) is 0 Å². The fourth-order valence-corrected chi connectivity index (χ4v) is 5.09. The first-order valence-corrected chi connectivity index (χ1v) is 12.3. The highest BCUT2D eigenvalue weighted by Crippen LogP contribution is 2.45. The van der Waals surface area contributed by atoms with Gasteiger partial charge in [0.1, 0.15) is 5.82 Å². The quantitative estimate of drug-likeness (QED) is 0.526. The van der Waals surface area contributed by atoms with Crippen LogP contribution >= 0.6 is 11.8 Å². The fraction of sp³-hybridized carbons (Fsp3) is 0.296. The van der Waals surface area contributed by atoms with Crippen molar-refractivity contribution in [3.63, 3.8) is 0 Å². The normalized spacial score (nSPS) is 17.2. The molecule has 1 amide bonds. The molecular weight excluding hydrogens is 465 g/mol. The Balaban J connectivity index is 1.61. The molecule has 6 nitrogen and oxygen atoms in total. The van der Waals surface area contributed by atoms with Crippen LogP contribution in [0.2, 0.25) is 0 Å². The van der Waals surface area contributed by atoms with E-state index in [-0.39, 0.29) is 24.2 Å². The predicted molar refractivity (Wildman–Crippen MR) is 136 cm³/mol. The number of rotatable bonds is 7. The van der Waals surface area contributed by atoms with Gasteiger partial charge in [0, 0.05) is 12.2 Å². The molecule has 35 heavy (non-hydrogen) atoms. The Morgan fingerprint density at radius 1 is 1.14 bits per heavy atom. The highest BCUT2D eigenvalue weighted by Gasteiger charge is 2.41. The Hall–Kier alpha value is -3.39. The van der Waals surface area contributed by atoms with Crippen molar-refractivity contribution >= 4 is 28.8 Å². The minimum atomic E-state index is -0.457. The van der Waals surface area contributed by atoms with E-state index in [0.29, 0.717) is 17.8 Å². The summed E-state index contributed by atoms with van der Waals surface area (Å²) in [5.74, 6) is -0.906. The molecule has 0 aromatic heterocycles. The van der Waals surface area contributed by atoms with Crippen molar-refractivity contribution in [1.82, 2.24) is 10.2 Å². The molecular formula is C27H28FN3O3S. The zero-order valence-electron chi connectivity index (χ0n) is 20.2. The molecule has 0 radical (unpaired) electrons. The Morgan fingerprint density at radius 3 is 2.54 bits per heavy atom. The van der Waals surface area contributed by atoms with Gasteiger partial charge < -0.3 is 15.0 Å². The second-order valence-corrected chi connectivity index (χ2v) is 9.62. The zero-order valence-corrected chi connectivity index (χ0v) is 21.0. The van der Waals surface area contributed by atoms with E-state index in [2.05, 4.69) is 10.3 Å². The number of carbonyl (C=O) groups excluding carboxylic acids is 2. The summed E-state index contributed by atoms with van der Waals surface area (Å²) in [7, 11) is 0. The van der Waals surface area contributed by atoms with Gasteiger partial charge >= 0.3 is 5.97 Å². The van der Waals surface area contributed by atoms with Crippen molar-refractivity contribution in [1.29, 1.82) is 0 Å². The van der Waals surface area contributed by atoms with E-state index in [1.165, 1.54) is 23.9 Å². The summed E-state index contributed by atoms with van der Waals surface area (Å²) in [6, 6.07) is 13.5. The number of nitrogens with zero attached hydrogens (tertiary/aromatic N) is 2. The smallest absolute Gasteiger partial charge is 0.338 e. The summed E-state index contributed by atoms with van der Waals surface area (Å²) in [5, 5.41) is 5.52. The molecule has 182 valence electrons. The van der Waals surface area contributed by atoms with Gasteiger partial charge in [0.15, 0.2) is 5.17 Å². The maximum absolute atomic E-state index is 13.2. The standard InChI is InChI=1S/C27H28FN3O3S/c1-16(2)34-26(33)24-18(4)30-27-31(25(24)22-8-6-5-7-17(22)3)21(15-35-27)13-23(32)29-14-19-9-11-20(28)12-10-19/h5-12,15-16,25H,13-14H2,1-4H3,(H,29,32)/t25-/m0/s1. The lowest BCUT2D eigenvalue weighted by molar-refractivity contribution is -0.143. The molecule has 0 spiro atoms. The molecule has 0 saturated carbocycles. The number of aliphatic imine (C=N–C) groups is 1. The van der Waals surface area contributed by atoms with Crippen molar-refractivity contribution in [2.45, 2.75) is 52.8 Å². The van der Waals surface area contributed by atoms with Gasteiger partial charge in [0.25, 0.3) is 0 Å². The number of halogens is 1. The highest BCUT2D eigenvalue weighted by atomic mass is 32.2. The number of hydrogen-bond donors (Lipinski definition) is 1. The molecule has 8 heteroatoms. The molecule has 0 saturated heterocycles. The summed E-state index contributed by atoms with van der Waals surface area (Å²) in [6.45, 7) is 7.75. The van der Waals surface area contributed by atoms with Gasteiger partial charge in [-0.2, -0.15) is 0 Å². The Morgan fingerprint density at radius 2 is 1.86 bits per heavy atom. The molecule has 2 aliphatic rings.